The molecule has 0 radical (unpaired) electrons. The summed E-state index contributed by atoms with van der Waals surface area (Å²) in [5, 5.41) is 5.56. The Balaban J connectivity index is 2.30. The van der Waals surface area contributed by atoms with Crippen LogP contribution in [0.1, 0.15) is 38.7 Å². The topological polar surface area (TPSA) is 12.0 Å². The van der Waals surface area contributed by atoms with E-state index in [0.29, 0.717) is 21.0 Å². The number of hydrogen-bond donors (Lipinski definition) is 1. The van der Waals surface area contributed by atoms with Crippen LogP contribution < -0.4 is 5.32 Å². The van der Waals surface area contributed by atoms with Crippen molar-refractivity contribution in [2.24, 2.45) is 5.92 Å². The minimum Gasteiger partial charge on any atom is -0.311 e. The molecule has 1 N–H and O–H groups in total. The van der Waals surface area contributed by atoms with Gasteiger partial charge >= 0.3 is 0 Å². The summed E-state index contributed by atoms with van der Waals surface area (Å²) in [4.78, 5) is 0. The lowest BCUT2D eigenvalue weighted by molar-refractivity contribution is 0.301. The van der Waals surface area contributed by atoms with E-state index in [1.54, 1.807) is 6.07 Å². The molecule has 1 saturated heterocycles. The average molecular weight is 321 g/mol. The number of halogens is 3. The zero-order chi connectivity index (χ0) is 14.0. The molecule has 0 saturated carbocycles. The van der Waals surface area contributed by atoms with Crippen molar-refractivity contribution in [2.45, 2.75) is 45.1 Å². The van der Waals surface area contributed by atoms with Crippen LogP contribution >= 0.6 is 34.8 Å². The predicted octanol–water partition coefficient (Wildman–Crippen LogP) is 5.36. The van der Waals surface area contributed by atoms with E-state index in [4.69, 9.17) is 34.8 Å². The van der Waals surface area contributed by atoms with Gasteiger partial charge in [-0.05, 0) is 55.8 Å². The lowest BCUT2D eigenvalue weighted by Gasteiger charge is -2.32. The Morgan fingerprint density at radius 2 is 1.89 bits per heavy atom. The highest BCUT2D eigenvalue weighted by atomic mass is 35.5. The van der Waals surface area contributed by atoms with E-state index in [1.807, 2.05) is 6.07 Å². The average Bonchev–Trinajstić information content (AvgIpc) is 2.77. The third kappa shape index (κ3) is 3.58. The van der Waals surface area contributed by atoms with Crippen molar-refractivity contribution in [3.63, 3.8) is 0 Å². The van der Waals surface area contributed by atoms with Crippen molar-refractivity contribution in [3.8, 4) is 0 Å². The first kappa shape index (κ1) is 15.4. The van der Waals surface area contributed by atoms with E-state index in [1.165, 1.54) is 12.8 Å². The molecule has 0 aliphatic carbocycles. The van der Waals surface area contributed by atoms with E-state index in [-0.39, 0.29) is 5.54 Å². The molecule has 1 heterocycles. The van der Waals surface area contributed by atoms with Crippen molar-refractivity contribution in [3.05, 3.63) is 32.8 Å². The summed E-state index contributed by atoms with van der Waals surface area (Å²) in [5.74, 6) is 0.641. The van der Waals surface area contributed by atoms with Gasteiger partial charge in [0.25, 0.3) is 0 Å². The fourth-order valence-electron chi connectivity index (χ4n) is 3.12. The van der Waals surface area contributed by atoms with Crippen molar-refractivity contribution in [1.29, 1.82) is 0 Å². The summed E-state index contributed by atoms with van der Waals surface area (Å²) in [5.41, 5.74) is 1.09. The fourth-order valence-corrected chi connectivity index (χ4v) is 3.80. The van der Waals surface area contributed by atoms with E-state index in [2.05, 4.69) is 19.2 Å². The number of nitrogens with one attached hydrogen (secondary N) is 1. The largest absolute Gasteiger partial charge is 0.311 e. The maximum absolute atomic E-state index is 6.33. The van der Waals surface area contributed by atoms with Gasteiger partial charge in [0, 0.05) is 10.6 Å². The molecule has 1 unspecified atom stereocenters. The van der Waals surface area contributed by atoms with Crippen molar-refractivity contribution >= 4 is 34.8 Å². The molecule has 0 spiro atoms. The second-order valence-electron chi connectivity index (χ2n) is 5.91. The molecular weight excluding hydrogens is 301 g/mol. The Kier molecular flexibility index (Phi) is 5.05. The van der Waals surface area contributed by atoms with Crippen LogP contribution in [0.4, 0.5) is 0 Å². The van der Waals surface area contributed by atoms with Gasteiger partial charge in [-0.15, -0.1) is 0 Å². The SMILES string of the molecule is CC(C)CC1(Cc2c(Cl)ccc(Cl)c2Cl)CCCN1. The van der Waals surface area contributed by atoms with Gasteiger partial charge in [-0.1, -0.05) is 48.7 Å². The van der Waals surface area contributed by atoms with Crippen LogP contribution in [0.25, 0.3) is 0 Å². The molecule has 1 aliphatic heterocycles. The zero-order valence-electron chi connectivity index (χ0n) is 11.4. The first-order chi connectivity index (χ1) is 8.93. The molecule has 0 aromatic heterocycles. The first-order valence-electron chi connectivity index (χ1n) is 6.81. The van der Waals surface area contributed by atoms with Gasteiger partial charge in [-0.25, -0.2) is 0 Å². The summed E-state index contributed by atoms with van der Waals surface area (Å²) < 4.78 is 0. The Bertz CT molecular complexity index is 451. The van der Waals surface area contributed by atoms with Gasteiger partial charge in [0.05, 0.1) is 10.0 Å². The number of rotatable bonds is 4. The lowest BCUT2D eigenvalue weighted by atomic mass is 9.82. The van der Waals surface area contributed by atoms with Crippen molar-refractivity contribution in [1.82, 2.24) is 5.32 Å². The Morgan fingerprint density at radius 1 is 1.21 bits per heavy atom. The van der Waals surface area contributed by atoms with Gasteiger partial charge < -0.3 is 5.32 Å². The van der Waals surface area contributed by atoms with Gasteiger partial charge in [0.2, 0.25) is 0 Å². The Hall–Kier alpha value is 0.0500. The normalized spacial score (nSPS) is 23.3. The highest BCUT2D eigenvalue weighted by Crippen LogP contribution is 2.38. The van der Waals surface area contributed by atoms with Crippen LogP contribution in [0.2, 0.25) is 15.1 Å². The molecule has 106 valence electrons. The standard InChI is InChI=1S/C15H20Cl3N/c1-10(2)8-15(6-3-7-19-15)9-11-12(16)4-5-13(17)14(11)18/h4-5,10,19H,3,6-9H2,1-2H3. The van der Waals surface area contributed by atoms with Gasteiger partial charge in [0.15, 0.2) is 0 Å². The smallest absolute Gasteiger partial charge is 0.0639 e. The summed E-state index contributed by atoms with van der Waals surface area (Å²) in [7, 11) is 0. The molecule has 1 aromatic carbocycles. The van der Waals surface area contributed by atoms with Crippen LogP contribution in [0.3, 0.4) is 0 Å². The highest BCUT2D eigenvalue weighted by Gasteiger charge is 2.35. The summed E-state index contributed by atoms with van der Waals surface area (Å²) >= 11 is 18.8. The molecule has 0 amide bonds. The molecule has 1 fully saturated rings. The van der Waals surface area contributed by atoms with Crippen LogP contribution in [-0.4, -0.2) is 12.1 Å². The third-order valence-electron chi connectivity index (χ3n) is 3.79. The number of hydrogen-bond acceptors (Lipinski definition) is 1. The molecule has 0 bridgehead atoms. The molecule has 2 rings (SSSR count). The van der Waals surface area contributed by atoms with E-state index in [9.17, 15) is 0 Å². The second kappa shape index (κ2) is 6.22. The molecule has 4 heteroatoms. The van der Waals surface area contributed by atoms with Crippen molar-refractivity contribution < 1.29 is 0 Å². The molecule has 1 aliphatic rings. The quantitative estimate of drug-likeness (QED) is 0.737. The van der Waals surface area contributed by atoms with E-state index in [0.717, 1.165) is 24.9 Å². The lowest BCUT2D eigenvalue weighted by Crippen LogP contribution is -2.43. The Labute approximate surface area is 130 Å². The first-order valence-corrected chi connectivity index (χ1v) is 7.94. The molecule has 1 aromatic rings. The number of benzene rings is 1. The summed E-state index contributed by atoms with van der Waals surface area (Å²) in [6.45, 7) is 5.58. The van der Waals surface area contributed by atoms with Crippen LogP contribution in [-0.2, 0) is 6.42 Å². The van der Waals surface area contributed by atoms with Gasteiger partial charge in [-0.2, -0.15) is 0 Å². The van der Waals surface area contributed by atoms with Crippen LogP contribution in [0, 0.1) is 5.92 Å². The summed E-state index contributed by atoms with van der Waals surface area (Å²) in [6.07, 6.45) is 4.36. The zero-order valence-corrected chi connectivity index (χ0v) is 13.7. The van der Waals surface area contributed by atoms with E-state index >= 15 is 0 Å². The second-order valence-corrected chi connectivity index (χ2v) is 7.10. The molecule has 1 nitrogen and oxygen atoms in total. The van der Waals surface area contributed by atoms with E-state index < -0.39 is 0 Å². The van der Waals surface area contributed by atoms with Gasteiger partial charge in [-0.3, -0.25) is 0 Å². The van der Waals surface area contributed by atoms with Crippen molar-refractivity contribution in [2.75, 3.05) is 6.54 Å². The molecule has 1 atom stereocenters. The van der Waals surface area contributed by atoms with Gasteiger partial charge in [0.1, 0.15) is 0 Å². The van der Waals surface area contributed by atoms with Crippen LogP contribution in [0.5, 0.6) is 0 Å². The van der Waals surface area contributed by atoms with Crippen LogP contribution in [0.15, 0.2) is 12.1 Å². The monoisotopic (exact) mass is 319 g/mol. The minimum absolute atomic E-state index is 0.117. The predicted molar refractivity (Wildman–Crippen MR) is 84.6 cm³/mol. The third-order valence-corrected chi connectivity index (χ3v) is 4.98. The maximum Gasteiger partial charge on any atom is 0.0639 e. The maximum atomic E-state index is 6.33. The Morgan fingerprint density at radius 3 is 2.47 bits per heavy atom. The molecular formula is C15H20Cl3N. The molecule has 19 heavy (non-hydrogen) atoms. The minimum atomic E-state index is 0.117. The summed E-state index contributed by atoms with van der Waals surface area (Å²) in [6, 6.07) is 3.59. The fraction of sp³-hybridized carbons (Fsp3) is 0.600. The highest BCUT2D eigenvalue weighted by molar-refractivity contribution is 6.44.